The van der Waals surface area contributed by atoms with E-state index in [1.807, 2.05) is 0 Å². The summed E-state index contributed by atoms with van der Waals surface area (Å²) in [5, 5.41) is 6.77. The van der Waals surface area contributed by atoms with Crippen molar-refractivity contribution >= 4 is 5.96 Å². The molecule has 130 valence electrons. The minimum Gasteiger partial charge on any atom is -0.357 e. The summed E-state index contributed by atoms with van der Waals surface area (Å²) in [6.45, 7) is 17.9. The Hall–Kier alpha value is -0.770. The second-order valence-electron chi connectivity index (χ2n) is 7.45. The van der Waals surface area contributed by atoms with E-state index in [0.29, 0.717) is 5.92 Å². The molecule has 0 aromatic heterocycles. The third-order valence-electron chi connectivity index (χ3n) is 4.10. The third kappa shape index (κ3) is 8.62. The zero-order chi connectivity index (χ0) is 16.4. The fourth-order valence-corrected chi connectivity index (χ4v) is 3.26. The van der Waals surface area contributed by atoms with Gasteiger partial charge in [0.05, 0.1) is 0 Å². The Morgan fingerprint density at radius 1 is 1.14 bits per heavy atom. The summed E-state index contributed by atoms with van der Waals surface area (Å²) in [5.74, 6) is 3.31. The number of hydrogen-bond donors (Lipinski definition) is 2. The number of guanidine groups is 1. The van der Waals surface area contributed by atoms with Crippen LogP contribution in [-0.2, 0) is 0 Å². The van der Waals surface area contributed by atoms with Crippen LogP contribution in [0.4, 0.5) is 0 Å². The number of unbranched alkanes of at least 4 members (excludes halogenated alkanes) is 1. The summed E-state index contributed by atoms with van der Waals surface area (Å²) in [4.78, 5) is 7.25. The van der Waals surface area contributed by atoms with Crippen LogP contribution in [0.2, 0.25) is 0 Å². The van der Waals surface area contributed by atoms with Crippen LogP contribution in [0.5, 0.6) is 0 Å². The van der Waals surface area contributed by atoms with Gasteiger partial charge in [-0.3, -0.25) is 4.99 Å². The molecule has 0 aromatic rings. The molecule has 2 atom stereocenters. The molecular weight excluding hydrogens is 272 g/mol. The lowest BCUT2D eigenvalue weighted by molar-refractivity contribution is 0.139. The predicted molar refractivity (Wildman–Crippen MR) is 97.4 cm³/mol. The smallest absolute Gasteiger partial charge is 0.191 e. The maximum absolute atomic E-state index is 4.60. The minimum atomic E-state index is 0.610. The number of hydrogen-bond acceptors (Lipinski definition) is 2. The molecular formula is C18H38N4. The number of nitrogens with zero attached hydrogens (tertiary/aromatic N) is 2. The lowest BCUT2D eigenvalue weighted by atomic mass is 9.92. The highest BCUT2D eigenvalue weighted by Gasteiger charge is 2.20. The maximum Gasteiger partial charge on any atom is 0.191 e. The van der Waals surface area contributed by atoms with Crippen molar-refractivity contribution in [2.45, 2.75) is 53.9 Å². The van der Waals surface area contributed by atoms with Crippen LogP contribution < -0.4 is 10.6 Å². The Morgan fingerprint density at radius 3 is 2.41 bits per heavy atom. The van der Waals surface area contributed by atoms with Gasteiger partial charge in [0.1, 0.15) is 0 Å². The van der Waals surface area contributed by atoms with Crippen LogP contribution in [-0.4, -0.2) is 50.1 Å². The van der Waals surface area contributed by atoms with Crippen LogP contribution in [0.1, 0.15) is 53.9 Å². The molecule has 1 fully saturated rings. The lowest BCUT2D eigenvalue weighted by Gasteiger charge is -2.34. The Kier molecular flexibility index (Phi) is 9.53. The molecule has 1 rings (SSSR count). The van der Waals surface area contributed by atoms with Crippen molar-refractivity contribution in [2.75, 3.05) is 39.3 Å². The van der Waals surface area contributed by atoms with Crippen molar-refractivity contribution in [3.63, 3.8) is 0 Å². The van der Waals surface area contributed by atoms with Gasteiger partial charge in [-0.05, 0) is 50.5 Å². The van der Waals surface area contributed by atoms with Gasteiger partial charge < -0.3 is 15.5 Å². The maximum atomic E-state index is 4.60. The highest BCUT2D eigenvalue weighted by atomic mass is 15.2. The summed E-state index contributed by atoms with van der Waals surface area (Å²) in [6, 6.07) is 0. The average Bonchev–Trinajstić information content (AvgIpc) is 2.43. The molecule has 0 bridgehead atoms. The lowest BCUT2D eigenvalue weighted by Crippen LogP contribution is -2.40. The van der Waals surface area contributed by atoms with Crippen LogP contribution >= 0.6 is 0 Å². The van der Waals surface area contributed by atoms with E-state index < -0.39 is 0 Å². The van der Waals surface area contributed by atoms with E-state index in [0.717, 1.165) is 37.4 Å². The highest BCUT2D eigenvalue weighted by Crippen LogP contribution is 2.20. The van der Waals surface area contributed by atoms with Gasteiger partial charge in [0.2, 0.25) is 0 Å². The molecule has 4 nitrogen and oxygen atoms in total. The first-order valence-corrected chi connectivity index (χ1v) is 9.25. The Bertz CT molecular complexity index is 304. The quantitative estimate of drug-likeness (QED) is 0.411. The van der Waals surface area contributed by atoms with Crippen molar-refractivity contribution in [3.05, 3.63) is 0 Å². The van der Waals surface area contributed by atoms with Gasteiger partial charge in [-0.1, -0.05) is 27.7 Å². The van der Waals surface area contributed by atoms with Crippen LogP contribution in [0.25, 0.3) is 0 Å². The molecule has 0 saturated carbocycles. The Balaban J connectivity index is 2.16. The van der Waals surface area contributed by atoms with Crippen molar-refractivity contribution in [2.24, 2.45) is 22.7 Å². The van der Waals surface area contributed by atoms with E-state index >= 15 is 0 Å². The summed E-state index contributed by atoms with van der Waals surface area (Å²) < 4.78 is 0. The zero-order valence-corrected chi connectivity index (χ0v) is 15.5. The van der Waals surface area contributed by atoms with Gasteiger partial charge in [-0.15, -0.1) is 0 Å². The van der Waals surface area contributed by atoms with Gasteiger partial charge in [-0.25, -0.2) is 0 Å². The zero-order valence-electron chi connectivity index (χ0n) is 15.5. The van der Waals surface area contributed by atoms with Gasteiger partial charge in [0.25, 0.3) is 0 Å². The van der Waals surface area contributed by atoms with E-state index in [9.17, 15) is 0 Å². The normalized spacial score (nSPS) is 23.8. The van der Waals surface area contributed by atoms with Crippen LogP contribution in [0, 0.1) is 17.8 Å². The second-order valence-corrected chi connectivity index (χ2v) is 7.45. The molecule has 2 N–H and O–H groups in total. The van der Waals surface area contributed by atoms with Crippen molar-refractivity contribution in [1.82, 2.24) is 15.5 Å². The van der Waals surface area contributed by atoms with Crippen LogP contribution in [0.15, 0.2) is 4.99 Å². The Morgan fingerprint density at radius 2 is 1.82 bits per heavy atom. The first-order valence-electron chi connectivity index (χ1n) is 9.25. The minimum absolute atomic E-state index is 0.610. The van der Waals surface area contributed by atoms with E-state index in [-0.39, 0.29) is 0 Å². The predicted octanol–water partition coefficient (Wildman–Crippen LogP) is 2.96. The number of likely N-dealkylation sites (tertiary alicyclic amines) is 1. The first kappa shape index (κ1) is 19.3. The largest absolute Gasteiger partial charge is 0.357 e. The first-order chi connectivity index (χ1) is 10.5. The Labute approximate surface area is 138 Å². The fourth-order valence-electron chi connectivity index (χ4n) is 3.26. The SMILES string of the molecule is CCNC(=NCC(C)C)NCCCCN1CC(C)CC(C)C1. The molecule has 1 saturated heterocycles. The van der Waals surface area contributed by atoms with Gasteiger partial charge in [-0.2, -0.15) is 0 Å². The molecule has 1 heterocycles. The molecule has 0 radical (unpaired) electrons. The molecule has 0 aliphatic carbocycles. The number of aliphatic imine (C=N–C) groups is 1. The van der Waals surface area contributed by atoms with Crippen molar-refractivity contribution in [1.29, 1.82) is 0 Å². The van der Waals surface area contributed by atoms with E-state index in [1.165, 1.54) is 38.9 Å². The van der Waals surface area contributed by atoms with Crippen molar-refractivity contribution < 1.29 is 0 Å². The van der Waals surface area contributed by atoms with Gasteiger partial charge in [0.15, 0.2) is 5.96 Å². The molecule has 1 aliphatic heterocycles. The fraction of sp³-hybridized carbons (Fsp3) is 0.944. The summed E-state index contributed by atoms with van der Waals surface area (Å²) >= 11 is 0. The topological polar surface area (TPSA) is 39.7 Å². The molecule has 1 aliphatic rings. The number of nitrogens with one attached hydrogen (secondary N) is 2. The molecule has 22 heavy (non-hydrogen) atoms. The molecule has 0 aromatic carbocycles. The molecule has 0 spiro atoms. The second kappa shape index (κ2) is 10.9. The van der Waals surface area contributed by atoms with E-state index in [2.05, 4.69) is 55.1 Å². The molecule has 2 unspecified atom stereocenters. The van der Waals surface area contributed by atoms with E-state index in [4.69, 9.17) is 0 Å². The van der Waals surface area contributed by atoms with Crippen LogP contribution in [0.3, 0.4) is 0 Å². The third-order valence-corrected chi connectivity index (χ3v) is 4.10. The van der Waals surface area contributed by atoms with Gasteiger partial charge in [0, 0.05) is 32.7 Å². The standard InChI is InChI=1S/C18H38N4/c1-6-19-18(21-12-15(2)3)20-9-7-8-10-22-13-16(4)11-17(5)14-22/h15-17H,6-14H2,1-5H3,(H2,19,20,21). The summed E-state index contributed by atoms with van der Waals surface area (Å²) in [5.41, 5.74) is 0. The van der Waals surface area contributed by atoms with E-state index in [1.54, 1.807) is 0 Å². The van der Waals surface area contributed by atoms with Gasteiger partial charge >= 0.3 is 0 Å². The number of piperidine rings is 1. The average molecular weight is 311 g/mol. The van der Waals surface area contributed by atoms with Crippen molar-refractivity contribution in [3.8, 4) is 0 Å². The molecule has 0 amide bonds. The summed E-state index contributed by atoms with van der Waals surface area (Å²) in [6.07, 6.45) is 3.89. The molecule has 4 heteroatoms. The summed E-state index contributed by atoms with van der Waals surface area (Å²) in [7, 11) is 0. The monoisotopic (exact) mass is 310 g/mol. The highest BCUT2D eigenvalue weighted by molar-refractivity contribution is 5.79. The number of rotatable bonds is 8.